The molecular weight excluding hydrogens is 423 g/mol. The average Bonchev–Trinajstić information content (AvgIpc) is 3.28. The molecule has 2 atom stereocenters. The number of esters is 1. The second-order valence-corrected chi connectivity index (χ2v) is 9.06. The van der Waals surface area contributed by atoms with Crippen LogP contribution in [0.15, 0.2) is 12.3 Å². The van der Waals surface area contributed by atoms with Gasteiger partial charge >= 0.3 is 12.1 Å². The van der Waals surface area contributed by atoms with Gasteiger partial charge in [0.05, 0.1) is 18.1 Å². The van der Waals surface area contributed by atoms with E-state index in [2.05, 4.69) is 9.88 Å². The number of fused-ring (bicyclic) bond motifs is 1. The molecule has 0 spiro atoms. The number of pyridine rings is 1. The Morgan fingerprint density at radius 2 is 1.88 bits per heavy atom. The zero-order chi connectivity index (χ0) is 22.9. The molecule has 2 aliphatic heterocycles. The zero-order valence-electron chi connectivity index (χ0n) is 18.4. The third-order valence-corrected chi connectivity index (χ3v) is 7.10. The first-order valence-corrected chi connectivity index (χ1v) is 11.5. The van der Waals surface area contributed by atoms with Gasteiger partial charge in [-0.05, 0) is 63.7 Å². The first-order valence-electron chi connectivity index (χ1n) is 11.5. The number of nitrogens with zero attached hydrogens (tertiary/aromatic N) is 3. The quantitative estimate of drug-likeness (QED) is 0.654. The monoisotopic (exact) mass is 453 g/mol. The van der Waals surface area contributed by atoms with E-state index < -0.39 is 11.7 Å². The molecule has 0 bridgehead atoms. The van der Waals surface area contributed by atoms with E-state index in [0.717, 1.165) is 57.5 Å². The number of amides is 1. The van der Waals surface area contributed by atoms with Gasteiger partial charge in [0, 0.05) is 43.4 Å². The Kier molecular flexibility index (Phi) is 6.74. The molecule has 2 unspecified atom stereocenters. The second-order valence-electron chi connectivity index (χ2n) is 9.06. The third-order valence-electron chi connectivity index (χ3n) is 7.10. The zero-order valence-corrected chi connectivity index (χ0v) is 18.4. The van der Waals surface area contributed by atoms with Crippen molar-refractivity contribution in [3.63, 3.8) is 0 Å². The number of hydrogen-bond donors (Lipinski definition) is 0. The standard InChI is InChI=1S/C23H30F3N3O3/c1-2-32-22(31)15-5-8-28(9-6-15)19-4-3-16(12-19)21(30)29-10-7-20-17(14-29)11-18(13-27-20)23(24,25)26/h11,13,15-16,19H,2-10,12,14H2,1H3. The van der Waals surface area contributed by atoms with Crippen LogP contribution in [0.1, 0.15) is 55.8 Å². The number of carbonyl (C=O) groups is 2. The molecule has 0 aromatic carbocycles. The van der Waals surface area contributed by atoms with Crippen LogP contribution in [-0.4, -0.2) is 58.9 Å². The topological polar surface area (TPSA) is 62.7 Å². The van der Waals surface area contributed by atoms with E-state index >= 15 is 0 Å². The molecule has 3 aliphatic rings. The number of hydrogen-bond acceptors (Lipinski definition) is 5. The van der Waals surface area contributed by atoms with Crippen LogP contribution in [0.5, 0.6) is 0 Å². The highest BCUT2D eigenvalue weighted by Crippen LogP contribution is 2.35. The summed E-state index contributed by atoms with van der Waals surface area (Å²) < 4.78 is 44.2. The van der Waals surface area contributed by atoms with Gasteiger partial charge < -0.3 is 14.5 Å². The lowest BCUT2D eigenvalue weighted by atomic mass is 9.95. The van der Waals surface area contributed by atoms with Gasteiger partial charge in [0.1, 0.15) is 0 Å². The Morgan fingerprint density at radius 3 is 2.56 bits per heavy atom. The summed E-state index contributed by atoms with van der Waals surface area (Å²) >= 11 is 0. The highest BCUT2D eigenvalue weighted by molar-refractivity contribution is 5.79. The van der Waals surface area contributed by atoms with Crippen LogP contribution in [0.25, 0.3) is 0 Å². The molecule has 1 saturated heterocycles. The summed E-state index contributed by atoms with van der Waals surface area (Å²) in [6.07, 6.45) is 0.994. The second kappa shape index (κ2) is 9.37. The summed E-state index contributed by atoms with van der Waals surface area (Å²) in [4.78, 5) is 33.1. The summed E-state index contributed by atoms with van der Waals surface area (Å²) in [5, 5.41) is 0. The van der Waals surface area contributed by atoms with E-state index in [1.54, 1.807) is 4.90 Å². The number of carbonyl (C=O) groups excluding carboxylic acids is 2. The molecule has 32 heavy (non-hydrogen) atoms. The third kappa shape index (κ3) is 4.92. The van der Waals surface area contributed by atoms with Crippen LogP contribution in [-0.2, 0) is 33.5 Å². The van der Waals surface area contributed by atoms with Gasteiger partial charge in [-0.15, -0.1) is 0 Å². The van der Waals surface area contributed by atoms with E-state index in [1.807, 2.05) is 6.92 Å². The molecule has 176 valence electrons. The maximum Gasteiger partial charge on any atom is 0.417 e. The minimum atomic E-state index is -4.44. The molecule has 2 fully saturated rings. The highest BCUT2D eigenvalue weighted by Gasteiger charge is 2.38. The number of likely N-dealkylation sites (tertiary alicyclic amines) is 1. The van der Waals surface area contributed by atoms with Crippen LogP contribution >= 0.6 is 0 Å². The molecule has 1 aliphatic carbocycles. The lowest BCUT2D eigenvalue weighted by Crippen LogP contribution is -2.43. The number of aromatic nitrogens is 1. The SMILES string of the molecule is CCOC(=O)C1CCN(C2CCC(C(=O)N3CCc4ncc(C(F)(F)F)cc4C3)C2)CC1. The van der Waals surface area contributed by atoms with Crippen molar-refractivity contribution in [2.24, 2.45) is 11.8 Å². The van der Waals surface area contributed by atoms with Gasteiger partial charge in [0.25, 0.3) is 0 Å². The normalized spacial score (nSPS) is 24.9. The van der Waals surface area contributed by atoms with Crippen molar-refractivity contribution in [2.75, 3.05) is 26.2 Å². The molecule has 3 heterocycles. The van der Waals surface area contributed by atoms with Gasteiger partial charge in [0.2, 0.25) is 5.91 Å². The van der Waals surface area contributed by atoms with Crippen molar-refractivity contribution in [3.05, 3.63) is 29.1 Å². The number of ether oxygens (including phenoxy) is 1. The van der Waals surface area contributed by atoms with E-state index in [9.17, 15) is 22.8 Å². The Balaban J connectivity index is 1.32. The molecular formula is C23H30F3N3O3. The molecule has 1 aromatic rings. The van der Waals surface area contributed by atoms with Gasteiger partial charge in [-0.25, -0.2) is 0 Å². The van der Waals surface area contributed by atoms with Crippen LogP contribution in [0, 0.1) is 11.8 Å². The molecule has 0 N–H and O–H groups in total. The Labute approximate surface area is 186 Å². The highest BCUT2D eigenvalue weighted by atomic mass is 19.4. The first-order chi connectivity index (χ1) is 15.3. The van der Waals surface area contributed by atoms with Crippen LogP contribution in [0.4, 0.5) is 13.2 Å². The number of piperidine rings is 1. The number of alkyl halides is 3. The molecule has 4 rings (SSSR count). The molecule has 9 heteroatoms. The summed E-state index contributed by atoms with van der Waals surface area (Å²) in [5.41, 5.74) is 0.378. The van der Waals surface area contributed by atoms with E-state index in [4.69, 9.17) is 4.74 Å². The van der Waals surface area contributed by atoms with Crippen LogP contribution in [0.2, 0.25) is 0 Å². The maximum absolute atomic E-state index is 13.1. The molecule has 1 amide bonds. The van der Waals surface area contributed by atoms with Gasteiger partial charge in [0.15, 0.2) is 0 Å². The van der Waals surface area contributed by atoms with Crippen LogP contribution < -0.4 is 0 Å². The number of halogens is 3. The van der Waals surface area contributed by atoms with Crippen molar-refractivity contribution in [2.45, 2.75) is 64.2 Å². The molecule has 0 radical (unpaired) electrons. The fourth-order valence-corrected chi connectivity index (χ4v) is 5.30. The Morgan fingerprint density at radius 1 is 1.12 bits per heavy atom. The minimum absolute atomic E-state index is 0.0337. The summed E-state index contributed by atoms with van der Waals surface area (Å²) in [6.45, 7) is 4.57. The predicted octanol–water partition coefficient (Wildman–Crippen LogP) is 3.43. The van der Waals surface area contributed by atoms with Gasteiger partial charge in [-0.3, -0.25) is 14.6 Å². The van der Waals surface area contributed by atoms with Crippen molar-refractivity contribution in [1.29, 1.82) is 0 Å². The van der Waals surface area contributed by atoms with E-state index in [1.165, 1.54) is 0 Å². The van der Waals surface area contributed by atoms with E-state index in [-0.39, 0.29) is 30.3 Å². The number of rotatable bonds is 4. The summed E-state index contributed by atoms with van der Waals surface area (Å²) in [7, 11) is 0. The van der Waals surface area contributed by atoms with Crippen molar-refractivity contribution in [1.82, 2.24) is 14.8 Å². The Bertz CT molecular complexity index is 853. The van der Waals surface area contributed by atoms with Crippen molar-refractivity contribution in [3.8, 4) is 0 Å². The van der Waals surface area contributed by atoms with Crippen molar-refractivity contribution < 1.29 is 27.5 Å². The smallest absolute Gasteiger partial charge is 0.417 e. The van der Waals surface area contributed by atoms with Crippen LogP contribution in [0.3, 0.4) is 0 Å². The molecule has 1 aromatic heterocycles. The first kappa shape index (κ1) is 23.0. The maximum atomic E-state index is 13.1. The van der Waals surface area contributed by atoms with Gasteiger partial charge in [-0.2, -0.15) is 13.2 Å². The fraction of sp³-hybridized carbons (Fsp3) is 0.696. The summed E-state index contributed by atoms with van der Waals surface area (Å²) in [5.74, 6) is -0.200. The average molecular weight is 454 g/mol. The van der Waals surface area contributed by atoms with Crippen molar-refractivity contribution >= 4 is 11.9 Å². The fourth-order valence-electron chi connectivity index (χ4n) is 5.30. The summed E-state index contributed by atoms with van der Waals surface area (Å²) in [6, 6.07) is 1.45. The predicted molar refractivity (Wildman–Crippen MR) is 110 cm³/mol. The minimum Gasteiger partial charge on any atom is -0.466 e. The Hall–Kier alpha value is -2.16. The van der Waals surface area contributed by atoms with E-state index in [0.29, 0.717) is 36.9 Å². The largest absolute Gasteiger partial charge is 0.466 e. The molecule has 6 nitrogen and oxygen atoms in total. The lowest BCUT2D eigenvalue weighted by Gasteiger charge is -2.35. The molecule has 1 saturated carbocycles. The lowest BCUT2D eigenvalue weighted by molar-refractivity contribution is -0.149. The van der Waals surface area contributed by atoms with Gasteiger partial charge in [-0.1, -0.05) is 0 Å².